The molecule has 3 aromatic rings. The molecule has 2 aromatic carbocycles. The zero-order valence-electron chi connectivity index (χ0n) is 16.5. The van der Waals surface area contributed by atoms with E-state index in [1.165, 1.54) is 18.2 Å². The number of nitrogens with zero attached hydrogens (tertiary/aromatic N) is 4. The van der Waals surface area contributed by atoms with Gasteiger partial charge in [-0.1, -0.05) is 53.3 Å². The number of hydrogen-bond donors (Lipinski definition) is 1. The molecule has 1 aliphatic rings. The number of ketones is 1. The Kier molecular flexibility index (Phi) is 5.07. The number of Topliss-reactive ketones (excluding diaryl/α,β-unsaturated/α-hetero) is 1. The Morgan fingerprint density at radius 1 is 1.13 bits per heavy atom. The summed E-state index contributed by atoms with van der Waals surface area (Å²) in [5.41, 5.74) is 1.24. The first-order valence-electron chi connectivity index (χ1n) is 9.20. The molecule has 1 aromatic heterocycles. The van der Waals surface area contributed by atoms with Crippen molar-refractivity contribution in [3.8, 4) is 0 Å². The van der Waals surface area contributed by atoms with Gasteiger partial charge >= 0.3 is 5.91 Å². The molecule has 1 amide bonds. The molecular formula is C21H16N4O5S. The molecule has 1 atom stereocenters. The highest BCUT2D eigenvalue weighted by atomic mass is 32.1. The van der Waals surface area contributed by atoms with Crippen molar-refractivity contribution in [3.05, 3.63) is 85.9 Å². The van der Waals surface area contributed by atoms with E-state index in [1.807, 2.05) is 6.92 Å². The number of rotatable bonds is 4. The summed E-state index contributed by atoms with van der Waals surface area (Å²) in [7, 11) is 0. The molecule has 0 aliphatic carbocycles. The fourth-order valence-corrected chi connectivity index (χ4v) is 4.12. The molecule has 0 radical (unpaired) electrons. The van der Waals surface area contributed by atoms with Crippen molar-refractivity contribution in [3.63, 3.8) is 0 Å². The van der Waals surface area contributed by atoms with Crippen molar-refractivity contribution in [2.45, 2.75) is 19.9 Å². The Morgan fingerprint density at radius 2 is 1.84 bits per heavy atom. The Bertz CT molecular complexity index is 1250. The number of benzene rings is 2. The van der Waals surface area contributed by atoms with Crippen LogP contribution in [0, 0.1) is 24.0 Å². The summed E-state index contributed by atoms with van der Waals surface area (Å²) in [6, 6.07) is 11.3. The molecule has 31 heavy (non-hydrogen) atoms. The van der Waals surface area contributed by atoms with Crippen molar-refractivity contribution in [2.24, 2.45) is 0 Å². The predicted molar refractivity (Wildman–Crippen MR) is 114 cm³/mol. The first-order valence-corrected chi connectivity index (χ1v) is 10.0. The fraction of sp³-hybridized carbons (Fsp3) is 0.143. The molecular weight excluding hydrogens is 420 g/mol. The lowest BCUT2D eigenvalue weighted by Gasteiger charge is -2.22. The molecule has 9 nitrogen and oxygen atoms in total. The number of carbonyl (C=O) groups is 2. The summed E-state index contributed by atoms with van der Waals surface area (Å²) >= 11 is 1.10. The van der Waals surface area contributed by atoms with Gasteiger partial charge in [0.1, 0.15) is 10.8 Å². The second-order valence-electron chi connectivity index (χ2n) is 6.99. The molecule has 1 N–H and O–H groups in total. The first kappa shape index (κ1) is 20.4. The predicted octanol–water partition coefficient (Wildman–Crippen LogP) is 3.69. The van der Waals surface area contributed by atoms with Crippen molar-refractivity contribution in [1.82, 2.24) is 10.2 Å². The number of anilines is 1. The molecule has 156 valence electrons. The molecule has 10 heteroatoms. The van der Waals surface area contributed by atoms with Crippen LogP contribution in [0.15, 0.2) is 54.1 Å². The van der Waals surface area contributed by atoms with Gasteiger partial charge in [-0.25, -0.2) is 0 Å². The summed E-state index contributed by atoms with van der Waals surface area (Å²) < 4.78 is 0. The summed E-state index contributed by atoms with van der Waals surface area (Å²) in [6.45, 7) is 3.58. The van der Waals surface area contributed by atoms with E-state index in [0.29, 0.717) is 16.1 Å². The van der Waals surface area contributed by atoms with E-state index in [2.05, 4.69) is 10.2 Å². The summed E-state index contributed by atoms with van der Waals surface area (Å²) in [4.78, 5) is 37.8. The van der Waals surface area contributed by atoms with Crippen LogP contribution in [0.5, 0.6) is 0 Å². The highest BCUT2D eigenvalue weighted by Gasteiger charge is 2.48. The highest BCUT2D eigenvalue weighted by molar-refractivity contribution is 7.15. The maximum Gasteiger partial charge on any atom is 0.301 e. The number of carbonyl (C=O) groups excluding carboxylic acids is 2. The van der Waals surface area contributed by atoms with Crippen LogP contribution >= 0.6 is 11.3 Å². The third-order valence-electron chi connectivity index (χ3n) is 4.89. The number of amides is 1. The number of aliphatic hydroxyl groups is 1. The van der Waals surface area contributed by atoms with Gasteiger partial charge < -0.3 is 5.11 Å². The number of nitro benzene ring substituents is 1. The number of aliphatic hydroxyl groups excluding tert-OH is 1. The van der Waals surface area contributed by atoms with Crippen molar-refractivity contribution >= 4 is 39.6 Å². The molecule has 1 unspecified atom stereocenters. The Morgan fingerprint density at radius 3 is 2.45 bits per heavy atom. The third kappa shape index (κ3) is 3.57. The quantitative estimate of drug-likeness (QED) is 0.217. The van der Waals surface area contributed by atoms with E-state index in [4.69, 9.17) is 0 Å². The van der Waals surface area contributed by atoms with E-state index in [-0.39, 0.29) is 22.2 Å². The van der Waals surface area contributed by atoms with E-state index in [0.717, 1.165) is 21.8 Å². The Labute approximate surface area is 180 Å². The minimum atomic E-state index is -1.09. The van der Waals surface area contributed by atoms with Crippen LogP contribution in [-0.4, -0.2) is 31.9 Å². The minimum Gasteiger partial charge on any atom is -0.507 e. The SMILES string of the molecule is Cc1ccc(/C(O)=C2\C(=O)C(=O)N(c3nnc(C)s3)C2c2cccc([N+](=O)[O-])c2)cc1. The average Bonchev–Trinajstić information content (AvgIpc) is 3.29. The van der Waals surface area contributed by atoms with Crippen molar-refractivity contribution in [1.29, 1.82) is 0 Å². The van der Waals surface area contributed by atoms with Crippen LogP contribution in [0.1, 0.15) is 27.7 Å². The van der Waals surface area contributed by atoms with Gasteiger partial charge in [0.25, 0.3) is 11.5 Å². The van der Waals surface area contributed by atoms with Crippen LogP contribution < -0.4 is 4.90 Å². The zero-order chi connectivity index (χ0) is 22.3. The Hall–Kier alpha value is -3.92. The minimum absolute atomic E-state index is 0.165. The topological polar surface area (TPSA) is 127 Å². The van der Waals surface area contributed by atoms with E-state index < -0.39 is 22.7 Å². The van der Waals surface area contributed by atoms with E-state index in [1.54, 1.807) is 37.3 Å². The number of non-ortho nitro benzene ring substituents is 1. The number of hydrogen-bond acceptors (Lipinski definition) is 8. The lowest BCUT2D eigenvalue weighted by molar-refractivity contribution is -0.384. The second kappa shape index (κ2) is 7.73. The van der Waals surface area contributed by atoms with Crippen LogP contribution in [0.2, 0.25) is 0 Å². The van der Waals surface area contributed by atoms with Gasteiger partial charge in [0.05, 0.1) is 16.5 Å². The number of nitro groups is 1. The van der Waals surface area contributed by atoms with E-state index in [9.17, 15) is 24.8 Å². The molecule has 2 heterocycles. The van der Waals surface area contributed by atoms with Gasteiger partial charge in [-0.3, -0.25) is 24.6 Å². The molecule has 0 bridgehead atoms. The smallest absolute Gasteiger partial charge is 0.301 e. The monoisotopic (exact) mass is 436 g/mol. The number of aryl methyl sites for hydroxylation is 2. The van der Waals surface area contributed by atoms with Gasteiger partial charge in [-0.2, -0.15) is 0 Å². The van der Waals surface area contributed by atoms with Crippen LogP contribution in [0.4, 0.5) is 10.8 Å². The maximum absolute atomic E-state index is 13.0. The molecule has 0 spiro atoms. The maximum atomic E-state index is 13.0. The van der Waals surface area contributed by atoms with Crippen molar-refractivity contribution in [2.75, 3.05) is 4.90 Å². The standard InChI is InChI=1S/C21H16N4O5S/c1-11-6-8-13(9-7-11)18(26)16-17(14-4-3-5-15(10-14)25(29)30)24(20(28)19(16)27)21-23-22-12(2)31-21/h3-10,17,26H,1-2H3/b18-16+. The zero-order valence-corrected chi connectivity index (χ0v) is 17.3. The van der Waals surface area contributed by atoms with Crippen LogP contribution in [0.25, 0.3) is 5.76 Å². The fourth-order valence-electron chi connectivity index (χ4n) is 3.40. The van der Waals surface area contributed by atoms with Gasteiger partial charge in [0, 0.05) is 17.7 Å². The van der Waals surface area contributed by atoms with Gasteiger partial charge in [0.2, 0.25) is 5.13 Å². The van der Waals surface area contributed by atoms with Crippen molar-refractivity contribution < 1.29 is 19.6 Å². The molecule has 1 fully saturated rings. The average molecular weight is 436 g/mol. The summed E-state index contributed by atoms with van der Waals surface area (Å²) in [5, 5.41) is 30.9. The largest absolute Gasteiger partial charge is 0.507 e. The van der Waals surface area contributed by atoms with Gasteiger partial charge in [-0.15, -0.1) is 10.2 Å². The molecule has 4 rings (SSSR count). The summed E-state index contributed by atoms with van der Waals surface area (Å²) in [5.74, 6) is -2.15. The molecule has 0 saturated carbocycles. The first-order chi connectivity index (χ1) is 14.8. The molecule has 1 saturated heterocycles. The third-order valence-corrected chi connectivity index (χ3v) is 5.73. The van der Waals surface area contributed by atoms with Gasteiger partial charge in [0.15, 0.2) is 0 Å². The van der Waals surface area contributed by atoms with Gasteiger partial charge in [-0.05, 0) is 19.4 Å². The number of aromatic nitrogens is 2. The summed E-state index contributed by atoms with van der Waals surface area (Å²) in [6.07, 6.45) is 0. The highest BCUT2D eigenvalue weighted by Crippen LogP contribution is 2.43. The second-order valence-corrected chi connectivity index (χ2v) is 8.15. The lowest BCUT2D eigenvalue weighted by Crippen LogP contribution is -2.29. The van der Waals surface area contributed by atoms with Crippen LogP contribution in [-0.2, 0) is 9.59 Å². The molecule has 1 aliphatic heterocycles. The van der Waals surface area contributed by atoms with Crippen LogP contribution in [0.3, 0.4) is 0 Å². The Balaban J connectivity index is 1.96. The normalized spacial score (nSPS) is 17.9. The van der Waals surface area contributed by atoms with E-state index >= 15 is 0 Å². The lowest BCUT2D eigenvalue weighted by atomic mass is 9.95.